The Labute approximate surface area is 204 Å². The summed E-state index contributed by atoms with van der Waals surface area (Å²) in [7, 11) is -3.63. The number of nitrogens with zero attached hydrogens (tertiary/aromatic N) is 3. The highest BCUT2D eigenvalue weighted by Crippen LogP contribution is 2.27. The molecular formula is C24H29N5O5S. The molecule has 2 heterocycles. The number of amides is 4. The average Bonchev–Trinajstić information content (AvgIpc) is 2.99. The Kier molecular flexibility index (Phi) is 6.93. The van der Waals surface area contributed by atoms with Crippen LogP contribution in [0.5, 0.6) is 0 Å². The standard InChI is InChI=1S/C24H29N5O5S/c1-18-9-11-20(12-10-18)35(33,34)28-14-6-13-27(15-16-28)17-21(30)26-29-22(31)24(2,25-23(29)32)19-7-4-3-5-8-19/h3-5,7-12H,6,13-17H2,1-2H3,(H,25,32)(H,26,30). The fourth-order valence-corrected chi connectivity index (χ4v) is 5.75. The fraction of sp³-hybridized carbons (Fsp3) is 0.375. The van der Waals surface area contributed by atoms with Crippen molar-refractivity contribution in [2.45, 2.75) is 30.7 Å². The van der Waals surface area contributed by atoms with Gasteiger partial charge >= 0.3 is 6.03 Å². The third-order valence-electron chi connectivity index (χ3n) is 6.35. The van der Waals surface area contributed by atoms with Gasteiger partial charge in [0, 0.05) is 19.6 Å². The summed E-state index contributed by atoms with van der Waals surface area (Å²) in [6.07, 6.45) is 0.549. The molecule has 2 N–H and O–H groups in total. The Balaban J connectivity index is 1.36. The number of hydrogen-bond donors (Lipinski definition) is 2. The van der Waals surface area contributed by atoms with Crippen molar-refractivity contribution in [2.75, 3.05) is 32.7 Å². The first-order chi connectivity index (χ1) is 16.6. The minimum atomic E-state index is -3.63. The largest absolute Gasteiger partial charge is 0.344 e. The quantitative estimate of drug-likeness (QED) is 0.577. The molecule has 1 atom stereocenters. The molecule has 35 heavy (non-hydrogen) atoms. The van der Waals surface area contributed by atoms with Crippen molar-refractivity contribution in [3.63, 3.8) is 0 Å². The summed E-state index contributed by atoms with van der Waals surface area (Å²) in [5.41, 5.74) is 2.71. The zero-order chi connectivity index (χ0) is 25.2. The number of imide groups is 1. The maximum absolute atomic E-state index is 13.0. The minimum absolute atomic E-state index is 0.0719. The predicted octanol–water partition coefficient (Wildman–Crippen LogP) is 1.19. The number of urea groups is 1. The second kappa shape index (κ2) is 9.76. The van der Waals surface area contributed by atoms with Crippen LogP contribution in [0.25, 0.3) is 0 Å². The van der Waals surface area contributed by atoms with Crippen molar-refractivity contribution in [1.29, 1.82) is 0 Å². The van der Waals surface area contributed by atoms with Crippen LogP contribution >= 0.6 is 0 Å². The van der Waals surface area contributed by atoms with Crippen LogP contribution in [0.2, 0.25) is 0 Å². The molecular weight excluding hydrogens is 470 g/mol. The van der Waals surface area contributed by atoms with E-state index in [9.17, 15) is 22.8 Å². The van der Waals surface area contributed by atoms with E-state index >= 15 is 0 Å². The van der Waals surface area contributed by atoms with Crippen LogP contribution in [-0.2, 0) is 25.2 Å². The van der Waals surface area contributed by atoms with Crippen LogP contribution < -0.4 is 10.7 Å². The lowest BCUT2D eigenvalue weighted by Crippen LogP contribution is -2.51. The van der Waals surface area contributed by atoms with Crippen LogP contribution in [0, 0.1) is 6.92 Å². The van der Waals surface area contributed by atoms with Crippen LogP contribution in [0.15, 0.2) is 59.5 Å². The van der Waals surface area contributed by atoms with Crippen molar-refractivity contribution < 1.29 is 22.8 Å². The molecule has 1 unspecified atom stereocenters. The third-order valence-corrected chi connectivity index (χ3v) is 8.26. The van der Waals surface area contributed by atoms with E-state index in [-0.39, 0.29) is 18.0 Å². The number of benzene rings is 2. The van der Waals surface area contributed by atoms with Crippen LogP contribution in [0.3, 0.4) is 0 Å². The fourth-order valence-electron chi connectivity index (χ4n) is 4.28. The number of carbonyl (C=O) groups excluding carboxylic acids is 3. The number of aryl methyl sites for hydroxylation is 1. The van der Waals surface area contributed by atoms with Gasteiger partial charge < -0.3 is 5.32 Å². The Hall–Kier alpha value is -3.28. The van der Waals surface area contributed by atoms with Gasteiger partial charge in [-0.2, -0.15) is 9.31 Å². The molecule has 4 rings (SSSR count). The Morgan fingerprint density at radius 3 is 2.37 bits per heavy atom. The lowest BCUT2D eigenvalue weighted by atomic mass is 9.92. The molecule has 2 aliphatic heterocycles. The molecule has 2 aliphatic rings. The van der Waals surface area contributed by atoms with Crippen molar-refractivity contribution in [3.05, 3.63) is 65.7 Å². The van der Waals surface area contributed by atoms with Crippen LogP contribution in [0.1, 0.15) is 24.5 Å². The Morgan fingerprint density at radius 1 is 1.00 bits per heavy atom. The van der Waals surface area contributed by atoms with Crippen LogP contribution in [-0.4, -0.2) is 73.2 Å². The first kappa shape index (κ1) is 24.8. The van der Waals surface area contributed by atoms with Gasteiger partial charge in [0.15, 0.2) is 0 Å². The monoisotopic (exact) mass is 499 g/mol. The SMILES string of the molecule is Cc1ccc(S(=O)(=O)N2CCCN(CC(=O)NN3C(=O)NC(C)(c4ccccc4)C3=O)CC2)cc1. The minimum Gasteiger partial charge on any atom is -0.318 e. The molecule has 0 radical (unpaired) electrons. The highest BCUT2D eigenvalue weighted by molar-refractivity contribution is 7.89. The van der Waals surface area contributed by atoms with E-state index < -0.39 is 33.4 Å². The van der Waals surface area contributed by atoms with Gasteiger partial charge in [0.2, 0.25) is 10.0 Å². The molecule has 186 valence electrons. The van der Waals surface area contributed by atoms with Gasteiger partial charge in [-0.3, -0.25) is 19.9 Å². The summed E-state index contributed by atoms with van der Waals surface area (Å²) < 4.78 is 27.4. The van der Waals surface area contributed by atoms with Gasteiger partial charge in [0.25, 0.3) is 11.8 Å². The third kappa shape index (κ3) is 5.07. The molecule has 0 bridgehead atoms. The molecule has 0 spiro atoms. The molecule has 2 aromatic rings. The number of hydrogen-bond acceptors (Lipinski definition) is 6. The van der Waals surface area contributed by atoms with E-state index in [0.717, 1.165) is 5.56 Å². The normalized spacial score (nSPS) is 22.1. The Morgan fingerprint density at radius 2 is 1.69 bits per heavy atom. The lowest BCUT2D eigenvalue weighted by molar-refractivity contribution is -0.139. The lowest BCUT2D eigenvalue weighted by Gasteiger charge is -2.23. The second-order valence-corrected chi connectivity index (χ2v) is 10.9. The summed E-state index contributed by atoms with van der Waals surface area (Å²) in [6.45, 7) is 4.85. The summed E-state index contributed by atoms with van der Waals surface area (Å²) in [5.74, 6) is -1.10. The van der Waals surface area contributed by atoms with Gasteiger partial charge in [-0.05, 0) is 44.5 Å². The van der Waals surface area contributed by atoms with Gasteiger partial charge in [-0.1, -0.05) is 48.0 Å². The number of rotatable bonds is 6. The first-order valence-electron chi connectivity index (χ1n) is 11.4. The predicted molar refractivity (Wildman–Crippen MR) is 128 cm³/mol. The van der Waals surface area contributed by atoms with E-state index in [0.29, 0.717) is 36.6 Å². The first-order valence-corrected chi connectivity index (χ1v) is 12.9. The van der Waals surface area contributed by atoms with Gasteiger partial charge in [0.1, 0.15) is 5.54 Å². The molecule has 0 aliphatic carbocycles. The van der Waals surface area contributed by atoms with Crippen LogP contribution in [0.4, 0.5) is 4.79 Å². The highest BCUT2D eigenvalue weighted by atomic mass is 32.2. The molecule has 0 aromatic heterocycles. The summed E-state index contributed by atoms with van der Waals surface area (Å²) >= 11 is 0. The van der Waals surface area contributed by atoms with Gasteiger partial charge in [0.05, 0.1) is 11.4 Å². The van der Waals surface area contributed by atoms with Crippen molar-refractivity contribution in [3.8, 4) is 0 Å². The zero-order valence-electron chi connectivity index (χ0n) is 19.7. The highest BCUT2D eigenvalue weighted by Gasteiger charge is 2.50. The van der Waals surface area contributed by atoms with Crippen molar-refractivity contribution in [1.82, 2.24) is 25.0 Å². The van der Waals surface area contributed by atoms with Gasteiger partial charge in [-0.25, -0.2) is 13.2 Å². The van der Waals surface area contributed by atoms with E-state index in [1.807, 2.05) is 17.9 Å². The number of sulfonamides is 1. The Bertz CT molecular complexity index is 1220. The number of carbonyl (C=O) groups is 3. The molecule has 0 saturated carbocycles. The summed E-state index contributed by atoms with van der Waals surface area (Å²) in [5, 5.41) is 3.35. The maximum Gasteiger partial charge on any atom is 0.344 e. The molecule has 2 fully saturated rings. The number of nitrogens with one attached hydrogen (secondary N) is 2. The van der Waals surface area contributed by atoms with Gasteiger partial charge in [-0.15, -0.1) is 0 Å². The molecule has 11 heteroatoms. The molecule has 4 amide bonds. The molecule has 2 saturated heterocycles. The topological polar surface area (TPSA) is 119 Å². The van der Waals surface area contributed by atoms with Crippen molar-refractivity contribution in [2.24, 2.45) is 0 Å². The van der Waals surface area contributed by atoms with E-state index in [2.05, 4.69) is 10.7 Å². The zero-order valence-corrected chi connectivity index (χ0v) is 20.5. The number of hydrazine groups is 1. The molecule has 10 nitrogen and oxygen atoms in total. The smallest absolute Gasteiger partial charge is 0.318 e. The van der Waals surface area contributed by atoms with E-state index in [1.54, 1.807) is 55.5 Å². The average molecular weight is 500 g/mol. The maximum atomic E-state index is 13.0. The van der Waals surface area contributed by atoms with E-state index in [1.165, 1.54) is 4.31 Å². The summed E-state index contributed by atoms with van der Waals surface area (Å²) in [4.78, 5) is 40.2. The van der Waals surface area contributed by atoms with E-state index in [4.69, 9.17) is 0 Å². The summed E-state index contributed by atoms with van der Waals surface area (Å²) in [6, 6.07) is 14.8. The molecule has 2 aromatic carbocycles. The second-order valence-electron chi connectivity index (χ2n) is 8.94. The van der Waals surface area contributed by atoms with Crippen molar-refractivity contribution >= 4 is 27.9 Å².